The van der Waals surface area contributed by atoms with Gasteiger partial charge >= 0.3 is 5.97 Å². The van der Waals surface area contributed by atoms with Crippen molar-refractivity contribution in [2.45, 2.75) is 10.1 Å². The lowest BCUT2D eigenvalue weighted by Crippen LogP contribution is -2.08. The predicted molar refractivity (Wildman–Crippen MR) is 67.9 cm³/mol. The number of hydrogen-bond acceptors (Lipinski definition) is 5. The van der Waals surface area contributed by atoms with Crippen LogP contribution in [0.3, 0.4) is 0 Å². The molecule has 0 aliphatic carbocycles. The van der Waals surface area contributed by atoms with E-state index < -0.39 is 5.97 Å². The topological polar surface area (TPSA) is 95.9 Å². The van der Waals surface area contributed by atoms with Crippen LogP contribution in [-0.4, -0.2) is 26.0 Å². The van der Waals surface area contributed by atoms with Crippen molar-refractivity contribution in [2.24, 2.45) is 0 Å². The number of halogens is 1. The lowest BCUT2D eigenvalue weighted by Gasteiger charge is -2.04. The van der Waals surface area contributed by atoms with Gasteiger partial charge in [0.25, 0.3) is 5.56 Å². The normalized spacial score (nSPS) is 10.3. The number of carboxylic acids is 1. The van der Waals surface area contributed by atoms with Crippen molar-refractivity contribution in [1.82, 2.24) is 15.0 Å². The molecule has 0 bridgehead atoms. The molecule has 92 valence electrons. The van der Waals surface area contributed by atoms with Crippen molar-refractivity contribution in [3.63, 3.8) is 0 Å². The van der Waals surface area contributed by atoms with Gasteiger partial charge in [-0.15, -0.1) is 0 Å². The Morgan fingerprint density at radius 1 is 1.39 bits per heavy atom. The zero-order valence-corrected chi connectivity index (χ0v) is 11.2. The Bertz CT molecular complexity index is 659. The summed E-state index contributed by atoms with van der Waals surface area (Å²) < 4.78 is 0.247. The maximum Gasteiger partial charge on any atom is 0.338 e. The molecule has 0 aliphatic rings. The summed E-state index contributed by atoms with van der Waals surface area (Å²) >= 11 is 4.11. The van der Waals surface area contributed by atoms with Gasteiger partial charge in [-0.25, -0.2) is 14.8 Å². The van der Waals surface area contributed by atoms with E-state index >= 15 is 0 Å². The summed E-state index contributed by atoms with van der Waals surface area (Å²) in [6, 6.07) is 2.98. The van der Waals surface area contributed by atoms with E-state index in [1.807, 2.05) is 0 Å². The molecular formula is C10H6BrN3O3S. The molecule has 0 saturated carbocycles. The molecule has 0 aromatic carbocycles. The fourth-order valence-electron chi connectivity index (χ4n) is 1.16. The number of carboxylic acid groups (broad SMARTS) is 1. The second-order valence-electron chi connectivity index (χ2n) is 3.11. The second kappa shape index (κ2) is 5.32. The summed E-state index contributed by atoms with van der Waals surface area (Å²) in [6.07, 6.45) is 2.73. The van der Waals surface area contributed by atoms with Crippen LogP contribution in [0.5, 0.6) is 0 Å². The van der Waals surface area contributed by atoms with Crippen molar-refractivity contribution < 1.29 is 9.90 Å². The molecule has 0 aliphatic heterocycles. The van der Waals surface area contributed by atoms with Crippen LogP contribution in [0, 0.1) is 0 Å². The van der Waals surface area contributed by atoms with Crippen LogP contribution in [-0.2, 0) is 0 Å². The summed E-state index contributed by atoms with van der Waals surface area (Å²) in [5, 5.41) is 9.66. The third kappa shape index (κ3) is 2.59. The van der Waals surface area contributed by atoms with Gasteiger partial charge in [0.05, 0.1) is 11.9 Å². The van der Waals surface area contributed by atoms with Gasteiger partial charge in [0.2, 0.25) is 0 Å². The van der Waals surface area contributed by atoms with Crippen molar-refractivity contribution >= 4 is 33.7 Å². The quantitative estimate of drug-likeness (QED) is 0.834. The minimum absolute atomic E-state index is 0.0662. The molecule has 0 fully saturated rings. The van der Waals surface area contributed by atoms with E-state index in [9.17, 15) is 9.59 Å². The smallest absolute Gasteiger partial charge is 0.338 e. The first-order valence-corrected chi connectivity index (χ1v) is 6.30. The third-order valence-corrected chi connectivity index (χ3v) is 3.98. The van der Waals surface area contributed by atoms with E-state index in [-0.39, 0.29) is 20.6 Å². The van der Waals surface area contributed by atoms with Gasteiger partial charge in [-0.05, 0) is 39.8 Å². The van der Waals surface area contributed by atoms with Gasteiger partial charge in [0.1, 0.15) is 14.5 Å². The number of aromatic nitrogens is 3. The Labute approximate surface area is 114 Å². The number of nitrogens with one attached hydrogen (secondary N) is 1. The molecule has 2 N–H and O–H groups in total. The van der Waals surface area contributed by atoms with Gasteiger partial charge in [0, 0.05) is 6.20 Å². The maximum absolute atomic E-state index is 11.4. The van der Waals surface area contributed by atoms with Crippen LogP contribution < -0.4 is 5.56 Å². The number of rotatable bonds is 3. The molecule has 2 aromatic rings. The van der Waals surface area contributed by atoms with E-state index in [4.69, 9.17) is 5.11 Å². The van der Waals surface area contributed by atoms with Crippen LogP contribution >= 0.6 is 27.7 Å². The molecule has 0 unspecified atom stereocenters. The number of aromatic amines is 1. The molecule has 0 spiro atoms. The van der Waals surface area contributed by atoms with Gasteiger partial charge < -0.3 is 10.1 Å². The highest BCUT2D eigenvalue weighted by molar-refractivity contribution is 9.10. The van der Waals surface area contributed by atoms with Crippen LogP contribution in [0.25, 0.3) is 0 Å². The Balaban J connectivity index is 2.43. The number of carbonyl (C=O) groups is 1. The minimum Gasteiger partial charge on any atom is -0.478 e. The fourth-order valence-corrected chi connectivity index (χ4v) is 2.47. The number of aromatic carboxylic acids is 1. The molecule has 2 heterocycles. The minimum atomic E-state index is -1.08. The highest BCUT2D eigenvalue weighted by atomic mass is 79.9. The summed E-state index contributed by atoms with van der Waals surface area (Å²) in [7, 11) is 0. The summed E-state index contributed by atoms with van der Waals surface area (Å²) in [6.45, 7) is 0. The molecule has 8 heteroatoms. The molecule has 0 saturated heterocycles. The van der Waals surface area contributed by atoms with E-state index in [0.29, 0.717) is 5.03 Å². The Morgan fingerprint density at radius 3 is 2.89 bits per heavy atom. The standard InChI is InChI=1S/C10H6BrN3O3S/c11-6-7(15)13-4-14-9(6)18-8-5(10(16)17)2-1-3-12-8/h1-4H,(H,16,17)(H,13,14,15). The fraction of sp³-hybridized carbons (Fsp3) is 0. The molecule has 6 nitrogen and oxygen atoms in total. The van der Waals surface area contributed by atoms with E-state index in [1.54, 1.807) is 0 Å². The third-order valence-electron chi connectivity index (χ3n) is 1.96. The van der Waals surface area contributed by atoms with Gasteiger partial charge in [0.15, 0.2) is 0 Å². The van der Waals surface area contributed by atoms with E-state index in [0.717, 1.165) is 11.8 Å². The highest BCUT2D eigenvalue weighted by Crippen LogP contribution is 2.30. The van der Waals surface area contributed by atoms with Crippen LogP contribution in [0.1, 0.15) is 10.4 Å². The number of hydrogen-bond donors (Lipinski definition) is 2. The molecule has 0 radical (unpaired) electrons. The average Bonchev–Trinajstić information content (AvgIpc) is 2.35. The first-order valence-electron chi connectivity index (χ1n) is 4.69. The predicted octanol–water partition coefficient (Wildman–Crippen LogP) is 1.78. The Kier molecular flexibility index (Phi) is 3.78. The van der Waals surface area contributed by atoms with E-state index in [2.05, 4.69) is 30.9 Å². The Hall–Kier alpha value is -1.67. The van der Waals surface area contributed by atoms with Crippen molar-refractivity contribution in [3.05, 3.63) is 45.0 Å². The maximum atomic E-state index is 11.4. The van der Waals surface area contributed by atoms with Crippen molar-refractivity contribution in [1.29, 1.82) is 0 Å². The largest absolute Gasteiger partial charge is 0.478 e. The van der Waals surface area contributed by atoms with Gasteiger partial charge in [-0.1, -0.05) is 0 Å². The number of pyridine rings is 1. The molecule has 0 amide bonds. The monoisotopic (exact) mass is 327 g/mol. The molecule has 2 rings (SSSR count). The molecule has 2 aromatic heterocycles. The summed E-state index contributed by atoms with van der Waals surface area (Å²) in [5.41, 5.74) is -0.267. The number of nitrogens with zero attached hydrogens (tertiary/aromatic N) is 2. The van der Waals surface area contributed by atoms with Crippen LogP contribution in [0.15, 0.2) is 44.0 Å². The molecule has 0 atom stereocenters. The lowest BCUT2D eigenvalue weighted by molar-refractivity contribution is 0.0692. The van der Waals surface area contributed by atoms with Gasteiger partial charge in [-0.3, -0.25) is 4.79 Å². The SMILES string of the molecule is O=C(O)c1cccnc1Sc1nc[nH]c(=O)c1Br. The first-order chi connectivity index (χ1) is 8.59. The molecule has 18 heavy (non-hydrogen) atoms. The zero-order chi connectivity index (χ0) is 13.1. The number of H-pyrrole nitrogens is 1. The average molecular weight is 328 g/mol. The van der Waals surface area contributed by atoms with Crippen molar-refractivity contribution in [2.75, 3.05) is 0 Å². The zero-order valence-electron chi connectivity index (χ0n) is 8.75. The highest BCUT2D eigenvalue weighted by Gasteiger charge is 2.15. The van der Waals surface area contributed by atoms with Crippen LogP contribution in [0.4, 0.5) is 0 Å². The first kappa shape index (κ1) is 12.8. The lowest BCUT2D eigenvalue weighted by atomic mass is 10.3. The molecular weight excluding hydrogens is 322 g/mol. The van der Waals surface area contributed by atoms with Gasteiger partial charge in [-0.2, -0.15) is 0 Å². The summed E-state index contributed by atoms with van der Waals surface area (Å²) in [5.74, 6) is -1.08. The Morgan fingerprint density at radius 2 is 2.17 bits per heavy atom. The van der Waals surface area contributed by atoms with Crippen molar-refractivity contribution in [3.8, 4) is 0 Å². The second-order valence-corrected chi connectivity index (χ2v) is 4.88. The van der Waals surface area contributed by atoms with Crippen LogP contribution in [0.2, 0.25) is 0 Å². The summed E-state index contributed by atoms with van der Waals surface area (Å²) in [4.78, 5) is 32.7. The van der Waals surface area contributed by atoms with E-state index in [1.165, 1.54) is 24.7 Å².